The molecule has 3 N–H and O–H groups in total. The molecule has 0 aromatic rings. The summed E-state index contributed by atoms with van der Waals surface area (Å²) in [6, 6.07) is 0. The second-order valence-electron chi connectivity index (χ2n) is 25.0. The maximum atomic E-state index is 13.0. The molecule has 516 valence electrons. The minimum Gasteiger partial charge on any atom is -0.462 e. The first-order valence-electron chi connectivity index (χ1n) is 35.6. The zero-order chi connectivity index (χ0) is 64.2. The van der Waals surface area contributed by atoms with Crippen LogP contribution in [0.3, 0.4) is 0 Å². The molecule has 17 nitrogen and oxygen atoms in total. The van der Waals surface area contributed by atoms with Gasteiger partial charge in [-0.05, 0) is 31.6 Å². The largest absolute Gasteiger partial charge is 0.472 e. The second kappa shape index (κ2) is 61.6. The summed E-state index contributed by atoms with van der Waals surface area (Å²) >= 11 is 0. The van der Waals surface area contributed by atoms with E-state index < -0.39 is 97.5 Å². The van der Waals surface area contributed by atoms with Crippen molar-refractivity contribution in [3.05, 3.63) is 0 Å². The normalized spacial score (nSPS) is 14.1. The molecule has 0 radical (unpaired) electrons. The second-order valence-corrected chi connectivity index (χ2v) is 27.9. The van der Waals surface area contributed by atoms with E-state index in [0.29, 0.717) is 31.6 Å². The molecular weight excluding hydrogens is 1150 g/mol. The van der Waals surface area contributed by atoms with E-state index in [2.05, 4.69) is 34.6 Å². The van der Waals surface area contributed by atoms with Crippen LogP contribution >= 0.6 is 15.6 Å². The summed E-state index contributed by atoms with van der Waals surface area (Å²) in [5.74, 6) is -1.44. The Morgan fingerprint density at radius 1 is 0.310 bits per heavy atom. The van der Waals surface area contributed by atoms with Gasteiger partial charge in [-0.1, -0.05) is 298 Å². The van der Waals surface area contributed by atoms with E-state index in [0.717, 1.165) is 96.3 Å². The Hall–Kier alpha value is -1.94. The molecule has 0 aromatic carbocycles. The number of phosphoric acid groups is 2. The highest BCUT2D eigenvalue weighted by molar-refractivity contribution is 7.47. The molecule has 0 aliphatic rings. The molecule has 0 bridgehead atoms. The van der Waals surface area contributed by atoms with Crippen LogP contribution in [0.5, 0.6) is 0 Å². The first kappa shape index (κ1) is 85.1. The highest BCUT2D eigenvalue weighted by atomic mass is 31.2. The van der Waals surface area contributed by atoms with Crippen molar-refractivity contribution in [2.45, 2.75) is 368 Å². The van der Waals surface area contributed by atoms with E-state index in [4.69, 9.17) is 37.0 Å². The molecule has 0 aromatic heterocycles. The monoisotopic (exact) mass is 1280 g/mol. The average molecular weight is 1280 g/mol. The number of carbonyl (C=O) groups is 4. The molecule has 5 atom stereocenters. The van der Waals surface area contributed by atoms with Crippen molar-refractivity contribution in [2.24, 2.45) is 5.92 Å². The van der Waals surface area contributed by atoms with Gasteiger partial charge in [-0.25, -0.2) is 9.13 Å². The van der Waals surface area contributed by atoms with Gasteiger partial charge in [0.05, 0.1) is 26.4 Å². The Kier molecular flexibility index (Phi) is 60.2. The number of rotatable bonds is 68. The molecule has 0 aliphatic heterocycles. The standard InChI is InChI=1S/C68H132O17P2/c1-6-9-12-15-17-19-21-23-24-25-26-27-28-30-32-34-38-43-48-53-67(72)85-64(58-79-66(71)52-47-42-37-33-31-29-22-20-18-16-13-10-7-2)60-83-87(76,77)81-56-62(69)55-80-86(74,75)82-59-63(57-78-65(70)51-46-40-14-11-8-3)84-68(73)54-49-44-39-35-36-41-45-50-61(4)5/h61-64,69H,6-60H2,1-5H3,(H,74,75)(H,76,77)/t62-,63+,64+/m0/s1. The Bertz CT molecular complexity index is 1690. The fraction of sp³-hybridized carbons (Fsp3) is 0.941. The summed E-state index contributed by atoms with van der Waals surface area (Å²) in [7, 11) is -9.88. The Morgan fingerprint density at radius 3 is 0.782 bits per heavy atom. The van der Waals surface area contributed by atoms with Crippen molar-refractivity contribution in [1.29, 1.82) is 0 Å². The molecule has 0 fully saturated rings. The predicted molar refractivity (Wildman–Crippen MR) is 349 cm³/mol. The van der Waals surface area contributed by atoms with Crippen LogP contribution in [-0.4, -0.2) is 96.7 Å². The molecule has 0 aliphatic carbocycles. The van der Waals surface area contributed by atoms with Crippen LogP contribution < -0.4 is 0 Å². The molecular formula is C68H132O17P2. The van der Waals surface area contributed by atoms with Crippen LogP contribution in [0, 0.1) is 5.92 Å². The summed E-state index contributed by atoms with van der Waals surface area (Å²) in [5.41, 5.74) is 0. The third-order valence-electron chi connectivity index (χ3n) is 15.8. The van der Waals surface area contributed by atoms with Crippen LogP contribution in [0.1, 0.15) is 349 Å². The van der Waals surface area contributed by atoms with Gasteiger partial charge in [-0.15, -0.1) is 0 Å². The number of hydrogen-bond acceptors (Lipinski definition) is 15. The smallest absolute Gasteiger partial charge is 0.462 e. The first-order valence-corrected chi connectivity index (χ1v) is 38.6. The molecule has 0 saturated carbocycles. The quantitative estimate of drug-likeness (QED) is 0.0222. The number of carbonyl (C=O) groups excluding carboxylic acids is 4. The van der Waals surface area contributed by atoms with E-state index in [1.165, 1.54) is 167 Å². The number of aliphatic hydroxyl groups is 1. The van der Waals surface area contributed by atoms with Gasteiger partial charge < -0.3 is 33.8 Å². The Balaban J connectivity index is 5.13. The van der Waals surface area contributed by atoms with Crippen LogP contribution in [-0.2, 0) is 65.4 Å². The number of phosphoric ester groups is 2. The van der Waals surface area contributed by atoms with Gasteiger partial charge >= 0.3 is 39.5 Å². The summed E-state index contributed by atoms with van der Waals surface area (Å²) in [6.07, 6.45) is 47.7. The summed E-state index contributed by atoms with van der Waals surface area (Å²) < 4.78 is 68.0. The molecule has 0 saturated heterocycles. The lowest BCUT2D eigenvalue weighted by Gasteiger charge is -2.21. The van der Waals surface area contributed by atoms with Gasteiger partial charge in [0.1, 0.15) is 19.3 Å². The maximum absolute atomic E-state index is 13.0. The molecule has 0 spiro atoms. The number of esters is 4. The summed E-state index contributed by atoms with van der Waals surface area (Å²) in [5, 5.41) is 10.5. The van der Waals surface area contributed by atoms with Gasteiger partial charge in [0, 0.05) is 25.7 Å². The predicted octanol–water partition coefficient (Wildman–Crippen LogP) is 19.4. The van der Waals surface area contributed by atoms with Gasteiger partial charge in [0.15, 0.2) is 12.2 Å². The molecule has 0 heterocycles. The van der Waals surface area contributed by atoms with E-state index in [9.17, 15) is 43.2 Å². The van der Waals surface area contributed by atoms with Gasteiger partial charge in [-0.3, -0.25) is 37.3 Å². The molecule has 2 unspecified atom stereocenters. The van der Waals surface area contributed by atoms with Crippen LogP contribution in [0.25, 0.3) is 0 Å². The summed E-state index contributed by atoms with van der Waals surface area (Å²) in [4.78, 5) is 72.1. The lowest BCUT2D eigenvalue weighted by molar-refractivity contribution is -0.161. The zero-order valence-electron chi connectivity index (χ0n) is 56.2. The van der Waals surface area contributed by atoms with E-state index in [-0.39, 0.29) is 25.7 Å². The van der Waals surface area contributed by atoms with Crippen molar-refractivity contribution in [3.63, 3.8) is 0 Å². The fourth-order valence-corrected chi connectivity index (χ4v) is 11.9. The summed E-state index contributed by atoms with van der Waals surface area (Å²) in [6.45, 7) is 7.08. The van der Waals surface area contributed by atoms with Crippen LogP contribution in [0.2, 0.25) is 0 Å². The number of ether oxygens (including phenoxy) is 4. The molecule has 0 amide bonds. The van der Waals surface area contributed by atoms with Gasteiger partial charge in [0.25, 0.3) is 0 Å². The number of unbranched alkanes of at least 4 members (excludes halogenated alkanes) is 40. The Morgan fingerprint density at radius 2 is 0.529 bits per heavy atom. The third kappa shape index (κ3) is 62.6. The van der Waals surface area contributed by atoms with Gasteiger partial charge in [0.2, 0.25) is 0 Å². The Labute approximate surface area is 530 Å². The van der Waals surface area contributed by atoms with Crippen molar-refractivity contribution < 1.29 is 80.2 Å². The van der Waals surface area contributed by atoms with Crippen molar-refractivity contribution >= 4 is 39.5 Å². The van der Waals surface area contributed by atoms with Gasteiger partial charge in [-0.2, -0.15) is 0 Å². The van der Waals surface area contributed by atoms with Crippen molar-refractivity contribution in [1.82, 2.24) is 0 Å². The van der Waals surface area contributed by atoms with Crippen LogP contribution in [0.4, 0.5) is 0 Å². The zero-order valence-corrected chi connectivity index (χ0v) is 57.9. The number of hydrogen-bond donors (Lipinski definition) is 3. The molecule has 19 heteroatoms. The van der Waals surface area contributed by atoms with E-state index in [1.807, 2.05) is 0 Å². The van der Waals surface area contributed by atoms with Crippen LogP contribution in [0.15, 0.2) is 0 Å². The lowest BCUT2D eigenvalue weighted by atomic mass is 10.0. The van der Waals surface area contributed by atoms with Crippen molar-refractivity contribution in [3.8, 4) is 0 Å². The number of aliphatic hydroxyl groups excluding tert-OH is 1. The molecule has 87 heavy (non-hydrogen) atoms. The minimum absolute atomic E-state index is 0.103. The maximum Gasteiger partial charge on any atom is 0.472 e. The molecule has 0 rings (SSSR count). The van der Waals surface area contributed by atoms with Crippen molar-refractivity contribution in [2.75, 3.05) is 39.6 Å². The van der Waals surface area contributed by atoms with E-state index >= 15 is 0 Å². The highest BCUT2D eigenvalue weighted by Gasteiger charge is 2.30. The highest BCUT2D eigenvalue weighted by Crippen LogP contribution is 2.45. The fourth-order valence-electron chi connectivity index (χ4n) is 10.3. The first-order chi connectivity index (χ1) is 42.0. The third-order valence-corrected chi connectivity index (χ3v) is 17.7. The minimum atomic E-state index is -4.95. The average Bonchev–Trinajstić information content (AvgIpc) is 3.69. The SMILES string of the molecule is CCCCCCCCCCCCCCCCCCCCCC(=O)O[C@H](COC(=O)CCCCCCCCCCCCCCC)COP(=O)(O)OC[C@@H](O)COP(=O)(O)OC[C@@H](COC(=O)CCCCCCC)OC(=O)CCCCCCCCCC(C)C. The van der Waals surface area contributed by atoms with E-state index in [1.54, 1.807) is 0 Å². The lowest BCUT2D eigenvalue weighted by Crippen LogP contribution is -2.30. The topological polar surface area (TPSA) is 237 Å².